The van der Waals surface area contributed by atoms with Crippen LogP contribution >= 0.6 is 0 Å². The third-order valence-corrected chi connectivity index (χ3v) is 3.31. The van der Waals surface area contributed by atoms with Gasteiger partial charge in [0.2, 0.25) is 5.91 Å². The molecule has 2 amide bonds. The number of benzene rings is 2. The van der Waals surface area contributed by atoms with Crippen LogP contribution < -0.4 is 11.5 Å². The van der Waals surface area contributed by atoms with E-state index in [2.05, 4.69) is 0 Å². The van der Waals surface area contributed by atoms with Crippen LogP contribution in [0.2, 0.25) is 0 Å². The highest BCUT2D eigenvalue weighted by molar-refractivity contribution is 6.05. The van der Waals surface area contributed by atoms with Crippen molar-refractivity contribution in [3.63, 3.8) is 0 Å². The Labute approximate surface area is 121 Å². The predicted octanol–water partition coefficient (Wildman–Crippen LogP) is 2.25. The number of nitrogens with two attached hydrogens (primary N) is 2. The number of halogens is 1. The predicted molar refractivity (Wildman–Crippen MR) is 78.2 cm³/mol. The van der Waals surface area contributed by atoms with Crippen LogP contribution in [0.5, 0.6) is 0 Å². The van der Waals surface area contributed by atoms with Gasteiger partial charge in [0, 0.05) is 11.1 Å². The van der Waals surface area contributed by atoms with E-state index in [1.807, 2.05) is 0 Å². The van der Waals surface area contributed by atoms with E-state index in [1.54, 1.807) is 37.3 Å². The largest absolute Gasteiger partial charge is 0.366 e. The first-order chi connectivity index (χ1) is 9.97. The van der Waals surface area contributed by atoms with Crippen molar-refractivity contribution in [2.75, 3.05) is 0 Å². The smallest absolute Gasteiger partial charge is 0.252 e. The fourth-order valence-electron chi connectivity index (χ4n) is 2.44. The van der Waals surface area contributed by atoms with Gasteiger partial charge in [-0.2, -0.15) is 0 Å². The van der Waals surface area contributed by atoms with Crippen LogP contribution in [0, 0.1) is 5.82 Å². The van der Waals surface area contributed by atoms with Gasteiger partial charge in [0.1, 0.15) is 5.82 Å². The Balaban J connectivity index is 2.92. The lowest BCUT2D eigenvalue weighted by Gasteiger charge is -2.16. The summed E-state index contributed by atoms with van der Waals surface area (Å²) in [6.45, 7) is 1.80. The highest BCUT2D eigenvalue weighted by Gasteiger charge is 2.23. The summed E-state index contributed by atoms with van der Waals surface area (Å²) in [7, 11) is 0. The van der Waals surface area contributed by atoms with Crippen LogP contribution in [0.3, 0.4) is 0 Å². The molecule has 0 saturated heterocycles. The zero-order chi connectivity index (χ0) is 15.6. The summed E-state index contributed by atoms with van der Waals surface area (Å²) in [5.74, 6) is -2.46. The minimum atomic E-state index is -0.878. The fraction of sp³-hybridized carbons (Fsp3) is 0.125. The first-order valence-electron chi connectivity index (χ1n) is 6.47. The number of carbonyl (C=O) groups is 2. The summed E-state index contributed by atoms with van der Waals surface area (Å²) in [6, 6.07) is 9.75. The molecule has 0 aliphatic heterocycles. The lowest BCUT2D eigenvalue weighted by Crippen LogP contribution is -2.20. The van der Waals surface area contributed by atoms with Gasteiger partial charge in [-0.25, -0.2) is 4.39 Å². The van der Waals surface area contributed by atoms with Crippen LogP contribution in [0.1, 0.15) is 33.2 Å². The third-order valence-electron chi connectivity index (χ3n) is 3.31. The lowest BCUT2D eigenvalue weighted by molar-refractivity contribution is 0.0984. The maximum atomic E-state index is 14.2. The zero-order valence-corrected chi connectivity index (χ0v) is 11.5. The lowest BCUT2D eigenvalue weighted by atomic mass is 9.88. The molecule has 0 fully saturated rings. The number of rotatable bonds is 4. The molecule has 0 saturated carbocycles. The molecule has 0 bridgehead atoms. The van der Waals surface area contributed by atoms with Crippen molar-refractivity contribution in [3.05, 3.63) is 58.9 Å². The van der Waals surface area contributed by atoms with E-state index in [1.165, 1.54) is 0 Å². The van der Waals surface area contributed by atoms with Gasteiger partial charge in [0.15, 0.2) is 0 Å². The summed E-state index contributed by atoms with van der Waals surface area (Å²) >= 11 is 0. The molecule has 2 aromatic rings. The fourth-order valence-corrected chi connectivity index (χ4v) is 2.44. The molecular weight excluding hydrogens is 271 g/mol. The molecule has 0 aliphatic carbocycles. The second-order valence-electron chi connectivity index (χ2n) is 4.58. The summed E-state index contributed by atoms with van der Waals surface area (Å²) in [6.07, 6.45) is 0.420. The van der Waals surface area contributed by atoms with E-state index in [0.717, 1.165) is 6.07 Å². The molecule has 0 aliphatic rings. The normalized spacial score (nSPS) is 10.4. The van der Waals surface area contributed by atoms with Gasteiger partial charge >= 0.3 is 0 Å². The van der Waals surface area contributed by atoms with Gasteiger partial charge in [-0.15, -0.1) is 0 Å². The summed E-state index contributed by atoms with van der Waals surface area (Å²) in [5, 5.41) is 0. The van der Waals surface area contributed by atoms with Gasteiger partial charge in [-0.3, -0.25) is 9.59 Å². The first kappa shape index (κ1) is 14.7. The highest BCUT2D eigenvalue weighted by Crippen LogP contribution is 2.32. The van der Waals surface area contributed by atoms with Crippen LogP contribution in [0.25, 0.3) is 11.1 Å². The standard InChI is InChI=1S/C16H15FN2O2/c1-2-10-11(15(18)20)8-12(17)14(16(19)21)13(10)9-6-4-3-5-7-9/h3-8H,2H2,1H3,(H2,18,20)(H2,19,21). The van der Waals surface area contributed by atoms with E-state index in [-0.39, 0.29) is 11.1 Å². The number of hydrogen-bond donors (Lipinski definition) is 2. The van der Waals surface area contributed by atoms with Crippen molar-refractivity contribution < 1.29 is 14.0 Å². The molecule has 0 aromatic heterocycles. The molecule has 108 valence electrons. The van der Waals surface area contributed by atoms with Crippen molar-refractivity contribution in [3.8, 4) is 11.1 Å². The SMILES string of the molecule is CCc1c(C(N)=O)cc(F)c(C(N)=O)c1-c1ccccc1. The Hall–Kier alpha value is -2.69. The van der Waals surface area contributed by atoms with Gasteiger partial charge in [0.05, 0.1) is 5.56 Å². The Morgan fingerprint density at radius 3 is 2.19 bits per heavy atom. The van der Waals surface area contributed by atoms with Crippen LogP contribution in [0.4, 0.5) is 4.39 Å². The van der Waals surface area contributed by atoms with Crippen LogP contribution in [-0.4, -0.2) is 11.8 Å². The monoisotopic (exact) mass is 286 g/mol. The molecular formula is C16H15FN2O2. The molecule has 4 nitrogen and oxygen atoms in total. The maximum Gasteiger partial charge on any atom is 0.252 e. The number of carbonyl (C=O) groups excluding carboxylic acids is 2. The second-order valence-corrected chi connectivity index (χ2v) is 4.58. The summed E-state index contributed by atoms with van der Waals surface area (Å²) in [5.41, 5.74) is 11.9. The molecule has 0 unspecified atom stereocenters. The van der Waals surface area contributed by atoms with Crippen molar-refractivity contribution in [2.45, 2.75) is 13.3 Å². The van der Waals surface area contributed by atoms with Crippen molar-refractivity contribution in [2.24, 2.45) is 11.5 Å². The summed E-state index contributed by atoms with van der Waals surface area (Å²) in [4.78, 5) is 23.2. The van der Waals surface area contributed by atoms with Crippen LogP contribution in [0.15, 0.2) is 36.4 Å². The number of amides is 2. The van der Waals surface area contributed by atoms with Crippen molar-refractivity contribution in [1.82, 2.24) is 0 Å². The van der Waals surface area contributed by atoms with E-state index >= 15 is 0 Å². The Bertz CT molecular complexity index is 712. The highest BCUT2D eigenvalue weighted by atomic mass is 19.1. The summed E-state index contributed by atoms with van der Waals surface area (Å²) < 4.78 is 14.2. The molecule has 0 atom stereocenters. The Kier molecular flexibility index (Phi) is 4.03. The van der Waals surface area contributed by atoms with Gasteiger partial charge in [-0.05, 0) is 23.6 Å². The Morgan fingerprint density at radius 1 is 1.10 bits per heavy atom. The van der Waals surface area contributed by atoms with Gasteiger partial charge in [-0.1, -0.05) is 37.3 Å². The zero-order valence-electron chi connectivity index (χ0n) is 11.5. The van der Waals surface area contributed by atoms with Crippen LogP contribution in [-0.2, 0) is 6.42 Å². The first-order valence-corrected chi connectivity index (χ1v) is 6.47. The van der Waals surface area contributed by atoms with Crippen molar-refractivity contribution >= 4 is 11.8 Å². The van der Waals surface area contributed by atoms with Gasteiger partial charge in [0.25, 0.3) is 5.91 Å². The molecule has 5 heteroatoms. The quantitative estimate of drug-likeness (QED) is 0.903. The second kappa shape index (κ2) is 5.75. The molecule has 2 aromatic carbocycles. The molecule has 0 radical (unpaired) electrons. The molecule has 0 spiro atoms. The van der Waals surface area contributed by atoms with E-state index < -0.39 is 17.6 Å². The molecule has 0 heterocycles. The topological polar surface area (TPSA) is 86.2 Å². The van der Waals surface area contributed by atoms with E-state index in [9.17, 15) is 14.0 Å². The van der Waals surface area contributed by atoms with E-state index in [0.29, 0.717) is 23.1 Å². The minimum Gasteiger partial charge on any atom is -0.366 e. The van der Waals surface area contributed by atoms with Crippen molar-refractivity contribution in [1.29, 1.82) is 0 Å². The van der Waals surface area contributed by atoms with Gasteiger partial charge < -0.3 is 11.5 Å². The van der Waals surface area contributed by atoms with E-state index in [4.69, 9.17) is 11.5 Å². The number of primary amides is 2. The third kappa shape index (κ3) is 2.63. The minimum absolute atomic E-state index is 0.0684. The molecule has 2 rings (SSSR count). The average Bonchev–Trinajstić information content (AvgIpc) is 2.46. The molecule has 21 heavy (non-hydrogen) atoms. The number of hydrogen-bond acceptors (Lipinski definition) is 2. The average molecular weight is 286 g/mol. The Morgan fingerprint density at radius 2 is 1.71 bits per heavy atom. The maximum absolute atomic E-state index is 14.2. The molecule has 4 N–H and O–H groups in total.